The standard InChI is InChI=1S/C14H21ClN2O2S/c1-9-4-5-17(11(3)6-9)20(18,19)14-8-13(16)10(2)7-12(14)15/h7-9,11H,4-6,16H2,1-3H3. The predicted molar refractivity (Wildman–Crippen MR) is 82.4 cm³/mol. The van der Waals surface area contributed by atoms with Crippen molar-refractivity contribution in [1.82, 2.24) is 4.31 Å². The second-order valence-electron chi connectivity index (χ2n) is 5.73. The average Bonchev–Trinajstić information content (AvgIpc) is 2.33. The molecule has 2 unspecified atom stereocenters. The van der Waals surface area contributed by atoms with E-state index < -0.39 is 10.0 Å². The Morgan fingerprint density at radius 3 is 2.60 bits per heavy atom. The normalized spacial score (nSPS) is 24.8. The Hall–Kier alpha value is -0.780. The van der Waals surface area contributed by atoms with Crippen LogP contribution >= 0.6 is 11.6 Å². The molecule has 4 nitrogen and oxygen atoms in total. The van der Waals surface area contributed by atoms with Gasteiger partial charge in [-0.15, -0.1) is 0 Å². The Morgan fingerprint density at radius 1 is 1.35 bits per heavy atom. The Bertz CT molecular complexity index is 616. The number of nitrogens with two attached hydrogens (primary N) is 1. The minimum atomic E-state index is -3.58. The van der Waals surface area contributed by atoms with E-state index in [1.54, 1.807) is 10.4 Å². The number of rotatable bonds is 2. The van der Waals surface area contributed by atoms with Crippen molar-refractivity contribution in [3.63, 3.8) is 0 Å². The first kappa shape index (κ1) is 15.6. The number of hydrogen-bond acceptors (Lipinski definition) is 3. The molecule has 20 heavy (non-hydrogen) atoms. The van der Waals surface area contributed by atoms with Crippen molar-refractivity contribution in [2.75, 3.05) is 12.3 Å². The van der Waals surface area contributed by atoms with Gasteiger partial charge in [0.15, 0.2) is 0 Å². The maximum absolute atomic E-state index is 12.8. The summed E-state index contributed by atoms with van der Waals surface area (Å²) >= 11 is 6.12. The number of nitrogens with zero attached hydrogens (tertiary/aromatic N) is 1. The van der Waals surface area contributed by atoms with Crippen LogP contribution in [0.25, 0.3) is 0 Å². The second-order valence-corrected chi connectivity index (χ2v) is 8.00. The molecule has 112 valence electrons. The molecule has 1 aliphatic heterocycles. The molecule has 2 atom stereocenters. The van der Waals surface area contributed by atoms with Gasteiger partial charge in [0.2, 0.25) is 10.0 Å². The number of piperidine rings is 1. The fourth-order valence-electron chi connectivity index (χ4n) is 2.74. The van der Waals surface area contributed by atoms with E-state index in [1.807, 2.05) is 13.8 Å². The number of halogens is 1. The predicted octanol–water partition coefficient (Wildman–Crippen LogP) is 3.04. The van der Waals surface area contributed by atoms with Crippen molar-refractivity contribution in [1.29, 1.82) is 0 Å². The molecule has 0 aromatic heterocycles. The number of sulfonamides is 1. The molecule has 1 saturated heterocycles. The molecule has 2 rings (SSSR count). The highest BCUT2D eigenvalue weighted by atomic mass is 35.5. The largest absolute Gasteiger partial charge is 0.398 e. The highest BCUT2D eigenvalue weighted by molar-refractivity contribution is 7.89. The van der Waals surface area contributed by atoms with Crippen LogP contribution in [0.4, 0.5) is 5.69 Å². The summed E-state index contributed by atoms with van der Waals surface area (Å²) in [5, 5.41) is 0.238. The van der Waals surface area contributed by atoms with Crippen LogP contribution in [0.1, 0.15) is 32.3 Å². The maximum atomic E-state index is 12.8. The first-order chi connectivity index (χ1) is 9.23. The van der Waals surface area contributed by atoms with E-state index in [-0.39, 0.29) is 16.0 Å². The third-order valence-corrected chi connectivity index (χ3v) is 6.46. The minimum Gasteiger partial charge on any atom is -0.398 e. The van der Waals surface area contributed by atoms with Crippen LogP contribution in [0.3, 0.4) is 0 Å². The quantitative estimate of drug-likeness (QED) is 0.853. The molecule has 1 heterocycles. The lowest BCUT2D eigenvalue weighted by molar-refractivity contribution is 0.220. The molecule has 1 aromatic rings. The van der Waals surface area contributed by atoms with Gasteiger partial charge in [-0.25, -0.2) is 8.42 Å². The lowest BCUT2D eigenvalue weighted by Gasteiger charge is -2.35. The summed E-state index contributed by atoms with van der Waals surface area (Å²) in [7, 11) is -3.58. The van der Waals surface area contributed by atoms with Gasteiger partial charge in [-0.05, 0) is 50.3 Å². The molecule has 0 spiro atoms. The molecule has 0 saturated carbocycles. The number of anilines is 1. The van der Waals surface area contributed by atoms with Gasteiger partial charge in [0, 0.05) is 18.3 Å². The molecule has 0 radical (unpaired) electrons. The van der Waals surface area contributed by atoms with E-state index in [4.69, 9.17) is 17.3 Å². The van der Waals surface area contributed by atoms with E-state index in [0.29, 0.717) is 18.2 Å². The van der Waals surface area contributed by atoms with Gasteiger partial charge in [-0.3, -0.25) is 0 Å². The SMILES string of the molecule is Cc1cc(Cl)c(S(=O)(=O)N2CCC(C)CC2C)cc1N. The molecular weight excluding hydrogens is 296 g/mol. The Balaban J connectivity index is 2.43. The maximum Gasteiger partial charge on any atom is 0.244 e. The number of benzene rings is 1. The monoisotopic (exact) mass is 316 g/mol. The van der Waals surface area contributed by atoms with Gasteiger partial charge in [-0.2, -0.15) is 4.31 Å². The van der Waals surface area contributed by atoms with Gasteiger partial charge in [-0.1, -0.05) is 18.5 Å². The van der Waals surface area contributed by atoms with Crippen LogP contribution in [0.5, 0.6) is 0 Å². The van der Waals surface area contributed by atoms with Crippen LogP contribution in [-0.4, -0.2) is 25.3 Å². The highest BCUT2D eigenvalue weighted by Crippen LogP contribution is 2.33. The lowest BCUT2D eigenvalue weighted by atomic mass is 9.95. The fourth-order valence-corrected chi connectivity index (χ4v) is 4.99. The summed E-state index contributed by atoms with van der Waals surface area (Å²) in [5.74, 6) is 0.551. The van der Waals surface area contributed by atoms with Crippen LogP contribution in [0, 0.1) is 12.8 Å². The van der Waals surface area contributed by atoms with E-state index in [9.17, 15) is 8.42 Å². The van der Waals surface area contributed by atoms with Gasteiger partial charge >= 0.3 is 0 Å². The number of aryl methyl sites for hydroxylation is 1. The summed E-state index contributed by atoms with van der Waals surface area (Å²) in [6.45, 7) is 6.44. The summed E-state index contributed by atoms with van der Waals surface area (Å²) in [6, 6.07) is 3.07. The third kappa shape index (κ3) is 2.80. The number of hydrogen-bond donors (Lipinski definition) is 1. The third-order valence-electron chi connectivity index (χ3n) is 3.98. The van der Waals surface area contributed by atoms with Crippen LogP contribution < -0.4 is 5.73 Å². The molecule has 0 aliphatic carbocycles. The Morgan fingerprint density at radius 2 is 2.00 bits per heavy atom. The fraction of sp³-hybridized carbons (Fsp3) is 0.571. The van der Waals surface area contributed by atoms with Crippen LogP contribution in [-0.2, 0) is 10.0 Å². The summed E-state index contributed by atoms with van der Waals surface area (Å²) in [6.07, 6.45) is 1.75. The topological polar surface area (TPSA) is 63.4 Å². The van der Waals surface area contributed by atoms with Crippen molar-refractivity contribution in [3.8, 4) is 0 Å². The summed E-state index contributed by atoms with van der Waals surface area (Å²) in [5.41, 5.74) is 7.07. The van der Waals surface area contributed by atoms with Gasteiger partial charge in [0.1, 0.15) is 4.90 Å². The van der Waals surface area contributed by atoms with Crippen LogP contribution in [0.2, 0.25) is 5.02 Å². The van der Waals surface area contributed by atoms with E-state index in [1.165, 1.54) is 6.07 Å². The molecule has 2 N–H and O–H groups in total. The zero-order valence-corrected chi connectivity index (χ0v) is 13.6. The van der Waals surface area contributed by atoms with Gasteiger partial charge in [0.25, 0.3) is 0 Å². The van der Waals surface area contributed by atoms with E-state index in [2.05, 4.69) is 6.92 Å². The summed E-state index contributed by atoms with van der Waals surface area (Å²) in [4.78, 5) is 0.115. The zero-order valence-electron chi connectivity index (χ0n) is 12.1. The first-order valence-electron chi connectivity index (χ1n) is 6.81. The van der Waals surface area contributed by atoms with Crippen molar-refractivity contribution < 1.29 is 8.42 Å². The van der Waals surface area contributed by atoms with Gasteiger partial charge in [0.05, 0.1) is 5.02 Å². The molecule has 1 fully saturated rings. The highest BCUT2D eigenvalue weighted by Gasteiger charge is 2.34. The molecular formula is C14H21ClN2O2S. The molecule has 0 bridgehead atoms. The lowest BCUT2D eigenvalue weighted by Crippen LogP contribution is -2.44. The minimum absolute atomic E-state index is 0.0117. The van der Waals surface area contributed by atoms with E-state index >= 15 is 0 Å². The van der Waals surface area contributed by atoms with Crippen LogP contribution in [0.15, 0.2) is 17.0 Å². The summed E-state index contributed by atoms with van der Waals surface area (Å²) < 4.78 is 27.1. The average molecular weight is 317 g/mol. The zero-order chi connectivity index (χ0) is 15.1. The molecule has 6 heteroatoms. The van der Waals surface area contributed by atoms with Crippen molar-refractivity contribution in [2.24, 2.45) is 5.92 Å². The molecule has 1 aromatic carbocycles. The van der Waals surface area contributed by atoms with E-state index in [0.717, 1.165) is 18.4 Å². The number of nitrogen functional groups attached to an aromatic ring is 1. The second kappa shape index (κ2) is 5.54. The molecule has 1 aliphatic rings. The van der Waals surface area contributed by atoms with Crippen molar-refractivity contribution in [3.05, 3.63) is 22.7 Å². The van der Waals surface area contributed by atoms with Gasteiger partial charge < -0.3 is 5.73 Å². The smallest absolute Gasteiger partial charge is 0.244 e. The Labute approximate surface area is 126 Å². The van der Waals surface area contributed by atoms with Crippen molar-refractivity contribution >= 4 is 27.3 Å². The van der Waals surface area contributed by atoms with Crippen molar-refractivity contribution in [2.45, 2.75) is 44.6 Å². The Kier molecular flexibility index (Phi) is 4.33. The molecule has 0 amide bonds. The first-order valence-corrected chi connectivity index (χ1v) is 8.62.